The number of aliphatic hydroxyl groups excluding tert-OH is 1. The highest BCUT2D eigenvalue weighted by Crippen LogP contribution is 2.25. The summed E-state index contributed by atoms with van der Waals surface area (Å²) >= 11 is 0. The Morgan fingerprint density at radius 2 is 1.21 bits per heavy atom. The van der Waals surface area contributed by atoms with Gasteiger partial charge in [0.25, 0.3) is 0 Å². The molecular formula is C38H58O5. The van der Waals surface area contributed by atoms with E-state index in [1.54, 1.807) is 31.2 Å². The Hall–Kier alpha value is -2.50. The van der Waals surface area contributed by atoms with Gasteiger partial charge < -0.3 is 14.6 Å². The number of unbranched alkanes of at least 4 members (excludes halogenated alkanes) is 11. The number of benzene rings is 2. The average Bonchev–Trinajstić information content (AvgIpc) is 3.03. The summed E-state index contributed by atoms with van der Waals surface area (Å²) in [5.41, 5.74) is 1.51. The summed E-state index contributed by atoms with van der Waals surface area (Å²) < 4.78 is 11.9. The topological polar surface area (TPSA) is 72.8 Å². The average molecular weight is 595 g/mol. The minimum Gasteiger partial charge on any atom is -0.451 e. The lowest BCUT2D eigenvalue weighted by molar-refractivity contribution is -0.136. The Kier molecular flexibility index (Phi) is 19.6. The molecule has 43 heavy (non-hydrogen) atoms. The quantitative estimate of drug-likeness (QED) is 0.0915. The van der Waals surface area contributed by atoms with Gasteiger partial charge in [-0.15, -0.1) is 0 Å². The van der Waals surface area contributed by atoms with E-state index >= 15 is 0 Å². The molecule has 0 amide bonds. The first-order valence-electron chi connectivity index (χ1n) is 17.1. The molecule has 0 aliphatic carbocycles. The van der Waals surface area contributed by atoms with Crippen LogP contribution in [0.1, 0.15) is 139 Å². The minimum atomic E-state index is -0.931. The molecule has 0 heterocycles. The number of carbonyl (C=O) groups excluding carboxylic acids is 2. The molecular weight excluding hydrogens is 536 g/mol. The summed E-state index contributed by atoms with van der Waals surface area (Å²) in [6.45, 7) is 6.51. The molecule has 4 atom stereocenters. The predicted molar refractivity (Wildman–Crippen MR) is 176 cm³/mol. The summed E-state index contributed by atoms with van der Waals surface area (Å²) in [7, 11) is 0. The maximum absolute atomic E-state index is 13.6. The smallest absolute Gasteiger partial charge is 0.338 e. The molecule has 0 aliphatic rings. The van der Waals surface area contributed by atoms with Gasteiger partial charge in [0.15, 0.2) is 11.9 Å². The zero-order valence-electron chi connectivity index (χ0n) is 27.2. The Bertz CT molecular complexity index is 976. The maximum atomic E-state index is 13.6. The molecule has 0 spiro atoms. The van der Waals surface area contributed by atoms with Crippen LogP contribution in [0.5, 0.6) is 0 Å². The van der Waals surface area contributed by atoms with Crippen LogP contribution >= 0.6 is 0 Å². The zero-order valence-corrected chi connectivity index (χ0v) is 27.2. The summed E-state index contributed by atoms with van der Waals surface area (Å²) in [6, 6.07) is 18.8. The first-order valence-corrected chi connectivity index (χ1v) is 17.1. The molecule has 240 valence electrons. The molecule has 1 N–H and O–H groups in total. The largest absolute Gasteiger partial charge is 0.451 e. The number of aliphatic hydroxyl groups is 1. The molecule has 0 aliphatic heterocycles. The maximum Gasteiger partial charge on any atom is 0.338 e. The number of Topliss-reactive ketones (excluding diaryl/α,β-unsaturated/α-hetero) is 1. The fraction of sp³-hybridized carbons (Fsp3) is 0.632. The van der Waals surface area contributed by atoms with Crippen LogP contribution in [-0.4, -0.2) is 35.2 Å². The lowest BCUT2D eigenvalue weighted by atomic mass is 9.85. The van der Waals surface area contributed by atoms with Crippen molar-refractivity contribution in [2.75, 3.05) is 0 Å². The van der Waals surface area contributed by atoms with Crippen molar-refractivity contribution >= 4 is 11.8 Å². The molecule has 0 saturated carbocycles. The van der Waals surface area contributed by atoms with Crippen molar-refractivity contribution in [3.63, 3.8) is 0 Å². The van der Waals surface area contributed by atoms with Crippen molar-refractivity contribution in [3.8, 4) is 0 Å². The van der Waals surface area contributed by atoms with Crippen LogP contribution in [0.15, 0.2) is 60.7 Å². The van der Waals surface area contributed by atoms with E-state index in [1.165, 1.54) is 44.9 Å². The van der Waals surface area contributed by atoms with Crippen LogP contribution in [0.4, 0.5) is 0 Å². The van der Waals surface area contributed by atoms with Gasteiger partial charge in [-0.1, -0.05) is 146 Å². The summed E-state index contributed by atoms with van der Waals surface area (Å²) in [5.74, 6) is -1.32. The fourth-order valence-corrected chi connectivity index (χ4v) is 5.65. The minimum absolute atomic E-state index is 0.145. The van der Waals surface area contributed by atoms with Crippen molar-refractivity contribution in [1.82, 2.24) is 0 Å². The van der Waals surface area contributed by atoms with Crippen LogP contribution in [0, 0.1) is 5.92 Å². The van der Waals surface area contributed by atoms with E-state index < -0.39 is 24.1 Å². The molecule has 0 bridgehead atoms. The third kappa shape index (κ3) is 15.7. The second kappa shape index (κ2) is 23.0. The van der Waals surface area contributed by atoms with Crippen LogP contribution in [0.3, 0.4) is 0 Å². The monoisotopic (exact) mass is 594 g/mol. The van der Waals surface area contributed by atoms with Gasteiger partial charge >= 0.3 is 5.97 Å². The van der Waals surface area contributed by atoms with E-state index in [0.717, 1.165) is 50.5 Å². The summed E-state index contributed by atoms with van der Waals surface area (Å²) in [5, 5.41) is 11.5. The fourth-order valence-electron chi connectivity index (χ4n) is 5.65. The van der Waals surface area contributed by atoms with Crippen molar-refractivity contribution in [2.45, 2.75) is 148 Å². The molecule has 5 nitrogen and oxygen atoms in total. The highest BCUT2D eigenvalue weighted by molar-refractivity contribution is 5.93. The van der Waals surface area contributed by atoms with Crippen LogP contribution in [0.2, 0.25) is 0 Å². The van der Waals surface area contributed by atoms with E-state index in [0.29, 0.717) is 25.0 Å². The highest BCUT2D eigenvalue weighted by atomic mass is 16.5. The number of carbonyl (C=O) groups is 2. The van der Waals surface area contributed by atoms with E-state index in [9.17, 15) is 14.7 Å². The Balaban J connectivity index is 2.01. The molecule has 0 saturated heterocycles. The highest BCUT2D eigenvalue weighted by Gasteiger charge is 2.33. The van der Waals surface area contributed by atoms with Gasteiger partial charge in [-0.3, -0.25) is 4.79 Å². The second-order valence-corrected chi connectivity index (χ2v) is 12.1. The van der Waals surface area contributed by atoms with Crippen LogP contribution < -0.4 is 0 Å². The second-order valence-electron chi connectivity index (χ2n) is 12.1. The molecule has 2 rings (SSSR count). The number of ketones is 1. The van der Waals surface area contributed by atoms with E-state index in [4.69, 9.17) is 9.47 Å². The first kappa shape index (κ1) is 36.7. The molecule has 0 unspecified atom stereocenters. The molecule has 5 heteroatoms. The Morgan fingerprint density at radius 3 is 1.81 bits per heavy atom. The van der Waals surface area contributed by atoms with Gasteiger partial charge in [0.05, 0.1) is 24.4 Å². The normalized spacial score (nSPS) is 14.1. The predicted octanol–water partition coefficient (Wildman–Crippen LogP) is 9.64. The number of rotatable bonds is 25. The van der Waals surface area contributed by atoms with Crippen molar-refractivity contribution in [2.24, 2.45) is 5.92 Å². The Labute approximate surface area is 261 Å². The third-order valence-electron chi connectivity index (χ3n) is 8.36. The van der Waals surface area contributed by atoms with Gasteiger partial charge in [-0.25, -0.2) is 4.79 Å². The third-order valence-corrected chi connectivity index (χ3v) is 8.36. The SMILES string of the molecule is CCCCCCCCCCC[C@H](C[C@H](O)[C@H](CCCCCC)C(=O)[C@@H](C)OC(=O)c1ccccc1)OCc1ccccc1. The number of ether oxygens (including phenoxy) is 2. The molecule has 2 aromatic rings. The lowest BCUT2D eigenvalue weighted by Crippen LogP contribution is -2.38. The van der Waals surface area contributed by atoms with Crippen molar-refractivity contribution in [3.05, 3.63) is 71.8 Å². The van der Waals surface area contributed by atoms with Crippen LogP contribution in [0.25, 0.3) is 0 Å². The van der Waals surface area contributed by atoms with Crippen molar-refractivity contribution in [1.29, 1.82) is 0 Å². The van der Waals surface area contributed by atoms with E-state index in [1.807, 2.05) is 24.3 Å². The first-order chi connectivity index (χ1) is 21.0. The van der Waals surface area contributed by atoms with E-state index in [2.05, 4.69) is 26.0 Å². The molecule has 0 fully saturated rings. The summed E-state index contributed by atoms with van der Waals surface area (Å²) in [6.07, 6.45) is 15.2. The number of hydrogen-bond donors (Lipinski definition) is 1. The van der Waals surface area contributed by atoms with Gasteiger partial charge in [0, 0.05) is 12.3 Å². The van der Waals surface area contributed by atoms with Gasteiger partial charge in [0.1, 0.15) is 0 Å². The Morgan fingerprint density at radius 1 is 0.698 bits per heavy atom. The lowest BCUT2D eigenvalue weighted by Gasteiger charge is -2.28. The van der Waals surface area contributed by atoms with Crippen LogP contribution in [-0.2, 0) is 20.9 Å². The van der Waals surface area contributed by atoms with Crippen molar-refractivity contribution < 1.29 is 24.2 Å². The van der Waals surface area contributed by atoms with Gasteiger partial charge in [-0.05, 0) is 37.5 Å². The molecule has 2 aromatic carbocycles. The van der Waals surface area contributed by atoms with Gasteiger partial charge in [-0.2, -0.15) is 0 Å². The summed E-state index contributed by atoms with van der Waals surface area (Å²) in [4.78, 5) is 26.3. The van der Waals surface area contributed by atoms with Gasteiger partial charge in [0.2, 0.25) is 0 Å². The van der Waals surface area contributed by atoms with E-state index in [-0.39, 0.29) is 11.9 Å². The number of hydrogen-bond acceptors (Lipinski definition) is 5. The molecule has 0 radical (unpaired) electrons. The molecule has 0 aromatic heterocycles. The zero-order chi connectivity index (χ0) is 31.1. The standard InChI is InChI=1S/C38H58O5/c1-4-6-8-10-11-12-13-14-21-27-34(42-30-32-23-17-15-18-24-32)29-36(39)35(28-22-9-7-5-2)37(40)31(3)43-38(41)33-25-19-16-20-26-33/h15-20,23-26,31,34-36,39H,4-14,21-22,27-30H2,1-3H3/t31-,34-,35+,36+/m1/s1. The number of esters is 1.